The number of nitrogens with zero attached hydrogens (tertiary/aromatic N) is 4. The molecule has 0 spiro atoms. The van der Waals surface area contributed by atoms with E-state index >= 15 is 0 Å². The van der Waals surface area contributed by atoms with Gasteiger partial charge in [-0.2, -0.15) is 0 Å². The number of hydrogen-bond acceptors (Lipinski definition) is 6. The standard InChI is InChI=1S/C30H22N4O3/c1-35-22-14-13-20(16-24(22)36-2)28-32-29-27-25(19-9-4-3-5-10-19)26-21-11-7-6-8-18(21)12-15-23(26)37-30(27)31-17-34(29)33-28/h3-17,25H,1-2H3/t25-/m0/s1. The van der Waals surface area contributed by atoms with Crippen LogP contribution in [0.4, 0.5) is 0 Å². The maximum atomic E-state index is 6.40. The second-order valence-corrected chi connectivity index (χ2v) is 8.88. The van der Waals surface area contributed by atoms with Crippen molar-refractivity contribution in [1.82, 2.24) is 19.6 Å². The largest absolute Gasteiger partial charge is 0.493 e. The highest BCUT2D eigenvalue weighted by Crippen LogP contribution is 2.50. The van der Waals surface area contributed by atoms with Crippen molar-refractivity contribution in [3.63, 3.8) is 0 Å². The summed E-state index contributed by atoms with van der Waals surface area (Å²) < 4.78 is 19.0. The van der Waals surface area contributed by atoms with E-state index in [0.717, 1.165) is 38.8 Å². The molecule has 7 heteroatoms. The van der Waals surface area contributed by atoms with Crippen LogP contribution in [-0.2, 0) is 0 Å². The van der Waals surface area contributed by atoms with Crippen LogP contribution in [0.25, 0.3) is 27.8 Å². The molecule has 180 valence electrons. The molecule has 7 nitrogen and oxygen atoms in total. The van der Waals surface area contributed by atoms with Crippen molar-refractivity contribution in [2.75, 3.05) is 14.2 Å². The third kappa shape index (κ3) is 3.31. The van der Waals surface area contributed by atoms with Crippen LogP contribution in [0.5, 0.6) is 23.1 Å². The van der Waals surface area contributed by atoms with Gasteiger partial charge in [0.05, 0.1) is 19.8 Å². The van der Waals surface area contributed by atoms with Crippen LogP contribution in [0, 0.1) is 0 Å². The first-order valence-electron chi connectivity index (χ1n) is 12.0. The minimum absolute atomic E-state index is 0.135. The molecule has 1 atom stereocenters. The summed E-state index contributed by atoms with van der Waals surface area (Å²) in [6, 6.07) is 28.6. The summed E-state index contributed by atoms with van der Waals surface area (Å²) >= 11 is 0. The molecule has 6 aromatic rings. The Labute approximate surface area is 212 Å². The predicted octanol–water partition coefficient (Wildman–Crippen LogP) is 6.25. The molecular weight excluding hydrogens is 464 g/mol. The summed E-state index contributed by atoms with van der Waals surface area (Å²) in [5, 5.41) is 7.05. The van der Waals surface area contributed by atoms with Gasteiger partial charge in [-0.05, 0) is 40.6 Å². The van der Waals surface area contributed by atoms with Crippen LogP contribution in [0.3, 0.4) is 0 Å². The van der Waals surface area contributed by atoms with Gasteiger partial charge in [0.15, 0.2) is 23.0 Å². The minimum atomic E-state index is -0.135. The monoisotopic (exact) mass is 486 g/mol. The van der Waals surface area contributed by atoms with Gasteiger partial charge in [-0.1, -0.05) is 60.7 Å². The topological polar surface area (TPSA) is 70.8 Å². The van der Waals surface area contributed by atoms with E-state index in [2.05, 4.69) is 59.6 Å². The summed E-state index contributed by atoms with van der Waals surface area (Å²) in [4.78, 5) is 9.66. The zero-order valence-corrected chi connectivity index (χ0v) is 20.3. The third-order valence-electron chi connectivity index (χ3n) is 6.88. The van der Waals surface area contributed by atoms with Crippen molar-refractivity contribution < 1.29 is 14.2 Å². The Balaban J connectivity index is 1.49. The van der Waals surface area contributed by atoms with Gasteiger partial charge >= 0.3 is 0 Å². The van der Waals surface area contributed by atoms with Crippen LogP contribution in [-0.4, -0.2) is 33.8 Å². The molecule has 0 fully saturated rings. The molecule has 2 aromatic heterocycles. The molecule has 0 N–H and O–H groups in total. The number of benzene rings is 4. The highest BCUT2D eigenvalue weighted by molar-refractivity contribution is 5.91. The Bertz CT molecular complexity index is 1800. The fourth-order valence-corrected chi connectivity index (χ4v) is 5.18. The van der Waals surface area contributed by atoms with E-state index in [1.54, 1.807) is 25.1 Å². The minimum Gasteiger partial charge on any atom is -0.493 e. The predicted molar refractivity (Wildman–Crippen MR) is 141 cm³/mol. The fraction of sp³-hybridized carbons (Fsp3) is 0.100. The Hall–Kier alpha value is -4.91. The highest BCUT2D eigenvalue weighted by atomic mass is 16.5. The maximum Gasteiger partial charge on any atom is 0.228 e. The smallest absolute Gasteiger partial charge is 0.228 e. The SMILES string of the molecule is COc1ccc(-c2nc3c4c(ncn3n2)Oc2ccc3ccccc3c2[C@@H]4c2ccccc2)cc1OC. The molecule has 1 aliphatic heterocycles. The molecule has 7 rings (SSSR count). The molecule has 0 amide bonds. The molecule has 4 aromatic carbocycles. The molecule has 37 heavy (non-hydrogen) atoms. The first kappa shape index (κ1) is 21.4. The van der Waals surface area contributed by atoms with Gasteiger partial charge < -0.3 is 14.2 Å². The zero-order valence-electron chi connectivity index (χ0n) is 20.3. The average molecular weight is 487 g/mol. The molecule has 0 aliphatic carbocycles. The number of hydrogen-bond donors (Lipinski definition) is 0. The Morgan fingerprint density at radius 2 is 1.62 bits per heavy atom. The van der Waals surface area contributed by atoms with Crippen LogP contribution >= 0.6 is 0 Å². The Kier molecular flexibility index (Phi) is 4.82. The van der Waals surface area contributed by atoms with E-state index in [-0.39, 0.29) is 5.92 Å². The number of methoxy groups -OCH3 is 2. The molecule has 0 unspecified atom stereocenters. The number of fused-ring (bicyclic) bond motifs is 6. The van der Waals surface area contributed by atoms with E-state index in [1.807, 2.05) is 30.3 Å². The van der Waals surface area contributed by atoms with E-state index in [1.165, 1.54) is 0 Å². The van der Waals surface area contributed by atoms with E-state index in [9.17, 15) is 0 Å². The maximum absolute atomic E-state index is 6.40. The third-order valence-corrected chi connectivity index (χ3v) is 6.88. The van der Waals surface area contributed by atoms with Crippen LogP contribution < -0.4 is 14.2 Å². The van der Waals surface area contributed by atoms with Crippen LogP contribution in [0.1, 0.15) is 22.6 Å². The lowest BCUT2D eigenvalue weighted by atomic mass is 9.81. The Morgan fingerprint density at radius 3 is 2.46 bits per heavy atom. The molecule has 0 bridgehead atoms. The first-order chi connectivity index (χ1) is 18.2. The van der Waals surface area contributed by atoms with Gasteiger partial charge in [0.25, 0.3) is 0 Å². The highest BCUT2D eigenvalue weighted by Gasteiger charge is 2.34. The molecule has 0 saturated carbocycles. The summed E-state index contributed by atoms with van der Waals surface area (Å²) in [5.74, 6) is 3.03. The zero-order chi connectivity index (χ0) is 24.9. The lowest BCUT2D eigenvalue weighted by Gasteiger charge is -2.29. The summed E-state index contributed by atoms with van der Waals surface area (Å²) in [5.41, 5.74) is 4.63. The van der Waals surface area contributed by atoms with Crippen molar-refractivity contribution in [3.8, 4) is 34.5 Å². The summed E-state index contributed by atoms with van der Waals surface area (Å²) in [7, 11) is 3.23. The van der Waals surface area contributed by atoms with E-state index in [0.29, 0.717) is 28.9 Å². The van der Waals surface area contributed by atoms with Crippen molar-refractivity contribution in [3.05, 3.63) is 108 Å². The van der Waals surface area contributed by atoms with Gasteiger partial charge in [0, 0.05) is 17.0 Å². The van der Waals surface area contributed by atoms with Gasteiger partial charge in [0.1, 0.15) is 12.1 Å². The summed E-state index contributed by atoms with van der Waals surface area (Å²) in [6.45, 7) is 0. The summed E-state index contributed by atoms with van der Waals surface area (Å²) in [6.07, 6.45) is 1.65. The van der Waals surface area contributed by atoms with Crippen molar-refractivity contribution in [2.45, 2.75) is 5.92 Å². The van der Waals surface area contributed by atoms with E-state index < -0.39 is 0 Å². The number of ether oxygens (including phenoxy) is 3. The number of rotatable bonds is 4. The van der Waals surface area contributed by atoms with Crippen molar-refractivity contribution in [1.29, 1.82) is 0 Å². The van der Waals surface area contributed by atoms with Crippen LogP contribution in [0.15, 0.2) is 91.3 Å². The fourth-order valence-electron chi connectivity index (χ4n) is 5.18. The average Bonchev–Trinajstić information content (AvgIpc) is 3.40. The van der Waals surface area contributed by atoms with Gasteiger partial charge in [0.2, 0.25) is 5.88 Å². The molecule has 0 radical (unpaired) electrons. The normalized spacial score (nSPS) is 14.2. The second kappa shape index (κ2) is 8.34. The quantitative estimate of drug-likeness (QED) is 0.293. The molecule has 3 heterocycles. The van der Waals surface area contributed by atoms with Gasteiger partial charge in [-0.15, -0.1) is 5.10 Å². The van der Waals surface area contributed by atoms with Crippen molar-refractivity contribution >= 4 is 16.4 Å². The van der Waals surface area contributed by atoms with Gasteiger partial charge in [-0.25, -0.2) is 14.5 Å². The number of aromatic nitrogens is 4. The first-order valence-corrected chi connectivity index (χ1v) is 12.0. The lowest BCUT2D eigenvalue weighted by molar-refractivity contribution is 0.355. The van der Waals surface area contributed by atoms with E-state index in [4.69, 9.17) is 24.3 Å². The molecular formula is C30H22N4O3. The van der Waals surface area contributed by atoms with Crippen LogP contribution in [0.2, 0.25) is 0 Å². The molecule has 1 aliphatic rings. The lowest BCUT2D eigenvalue weighted by Crippen LogP contribution is -2.15. The van der Waals surface area contributed by atoms with Crippen molar-refractivity contribution in [2.24, 2.45) is 0 Å². The second-order valence-electron chi connectivity index (χ2n) is 8.88. The Morgan fingerprint density at radius 1 is 0.811 bits per heavy atom. The van der Waals surface area contributed by atoms with Gasteiger partial charge in [-0.3, -0.25) is 0 Å². The molecule has 0 saturated heterocycles.